The minimum atomic E-state index is 0.334. The first kappa shape index (κ1) is 13.7. The van der Waals surface area contributed by atoms with Crippen molar-refractivity contribution in [3.05, 3.63) is 16.6 Å². The van der Waals surface area contributed by atoms with E-state index in [2.05, 4.69) is 50.7 Å². The second kappa shape index (κ2) is 6.36. The average molecular weight is 355 g/mol. The van der Waals surface area contributed by atoms with E-state index in [-0.39, 0.29) is 0 Å². The van der Waals surface area contributed by atoms with Gasteiger partial charge in [-0.05, 0) is 24.2 Å². The summed E-state index contributed by atoms with van der Waals surface area (Å²) in [5.74, 6) is 0.730. The molecule has 0 bridgehead atoms. The molecule has 1 aromatic heterocycles. The van der Waals surface area contributed by atoms with E-state index in [9.17, 15) is 0 Å². The highest BCUT2D eigenvalue weighted by molar-refractivity contribution is 9.09. The molecule has 0 saturated heterocycles. The first-order valence-corrected chi connectivity index (χ1v) is 8.23. The third-order valence-corrected chi connectivity index (χ3v) is 5.60. The molecule has 4 heteroatoms. The molecule has 0 aliphatic rings. The van der Waals surface area contributed by atoms with Crippen LogP contribution in [-0.2, 0) is 6.42 Å². The van der Waals surface area contributed by atoms with Gasteiger partial charge in [-0.25, -0.2) is 0 Å². The van der Waals surface area contributed by atoms with Gasteiger partial charge in [0.15, 0.2) is 0 Å². The SMILES string of the molecule is CC(C)CC(CBr)(CBr)Cc1cncs1. The highest BCUT2D eigenvalue weighted by atomic mass is 79.9. The molecule has 0 unspecified atom stereocenters. The predicted octanol–water partition coefficient (Wildman–Crippen LogP) is 4.51. The number of halogens is 2. The van der Waals surface area contributed by atoms with Crippen LogP contribution in [0.5, 0.6) is 0 Å². The van der Waals surface area contributed by atoms with Gasteiger partial charge in [-0.15, -0.1) is 11.3 Å². The van der Waals surface area contributed by atoms with Gasteiger partial charge in [0.1, 0.15) is 0 Å². The minimum absolute atomic E-state index is 0.334. The largest absolute Gasteiger partial charge is 0.253 e. The van der Waals surface area contributed by atoms with Gasteiger partial charge in [0.2, 0.25) is 0 Å². The molecule has 1 nitrogen and oxygen atoms in total. The van der Waals surface area contributed by atoms with Crippen molar-refractivity contribution in [3.63, 3.8) is 0 Å². The number of aromatic nitrogens is 1. The Balaban J connectivity index is 2.71. The molecule has 0 N–H and O–H groups in total. The van der Waals surface area contributed by atoms with Crippen molar-refractivity contribution in [2.24, 2.45) is 11.3 Å². The predicted molar refractivity (Wildman–Crippen MR) is 75.3 cm³/mol. The van der Waals surface area contributed by atoms with Crippen molar-refractivity contribution < 1.29 is 0 Å². The molecule has 86 valence electrons. The molecule has 0 radical (unpaired) electrons. The number of alkyl halides is 2. The van der Waals surface area contributed by atoms with E-state index in [0.717, 1.165) is 23.0 Å². The van der Waals surface area contributed by atoms with Crippen LogP contribution in [0, 0.1) is 11.3 Å². The molecule has 0 aromatic carbocycles. The van der Waals surface area contributed by atoms with Crippen molar-refractivity contribution in [2.45, 2.75) is 26.7 Å². The number of hydrogen-bond acceptors (Lipinski definition) is 2. The topological polar surface area (TPSA) is 12.9 Å². The maximum Gasteiger partial charge on any atom is 0.0794 e. The van der Waals surface area contributed by atoms with Gasteiger partial charge in [0, 0.05) is 21.7 Å². The molecular weight excluding hydrogens is 338 g/mol. The van der Waals surface area contributed by atoms with E-state index in [1.54, 1.807) is 11.3 Å². The standard InChI is InChI=1S/C11H17Br2NS/c1-9(2)3-11(6-12,7-13)4-10-5-14-8-15-10/h5,8-9H,3-4,6-7H2,1-2H3. The van der Waals surface area contributed by atoms with E-state index in [1.165, 1.54) is 11.3 Å². The monoisotopic (exact) mass is 353 g/mol. The van der Waals surface area contributed by atoms with Crippen molar-refractivity contribution in [1.29, 1.82) is 0 Å². The Bertz CT molecular complexity index is 268. The van der Waals surface area contributed by atoms with Crippen molar-refractivity contribution in [1.82, 2.24) is 4.98 Å². The maximum absolute atomic E-state index is 4.14. The molecule has 1 rings (SSSR count). The van der Waals surface area contributed by atoms with Crippen LogP contribution >= 0.6 is 43.2 Å². The molecule has 0 fully saturated rings. The van der Waals surface area contributed by atoms with E-state index in [0.29, 0.717) is 5.41 Å². The summed E-state index contributed by atoms with van der Waals surface area (Å²) in [6, 6.07) is 0. The molecule has 0 spiro atoms. The Morgan fingerprint density at radius 2 is 2.07 bits per heavy atom. The number of nitrogens with zero attached hydrogens (tertiary/aromatic N) is 1. The Morgan fingerprint density at radius 1 is 1.40 bits per heavy atom. The number of thiazole rings is 1. The second-order valence-corrected chi connectivity index (χ2v) is 6.60. The zero-order chi connectivity index (χ0) is 11.3. The third kappa shape index (κ3) is 4.16. The second-order valence-electron chi connectivity index (χ2n) is 4.51. The molecule has 0 amide bonds. The summed E-state index contributed by atoms with van der Waals surface area (Å²) in [4.78, 5) is 5.53. The van der Waals surface area contributed by atoms with Crippen LogP contribution in [-0.4, -0.2) is 15.6 Å². The van der Waals surface area contributed by atoms with Gasteiger partial charge in [-0.1, -0.05) is 45.7 Å². The molecule has 1 heterocycles. The van der Waals surface area contributed by atoms with E-state index in [4.69, 9.17) is 0 Å². The Hall–Kier alpha value is 0.590. The van der Waals surface area contributed by atoms with E-state index >= 15 is 0 Å². The average Bonchev–Trinajstić information content (AvgIpc) is 2.68. The summed E-state index contributed by atoms with van der Waals surface area (Å²) < 4.78 is 0. The van der Waals surface area contributed by atoms with Gasteiger partial charge < -0.3 is 0 Å². The summed E-state index contributed by atoms with van der Waals surface area (Å²) in [6.07, 6.45) is 4.35. The van der Waals surface area contributed by atoms with Gasteiger partial charge in [-0.3, -0.25) is 4.98 Å². The molecule has 0 aliphatic carbocycles. The molecule has 0 atom stereocenters. The van der Waals surface area contributed by atoms with Crippen LogP contribution < -0.4 is 0 Å². The zero-order valence-corrected chi connectivity index (χ0v) is 13.2. The summed E-state index contributed by atoms with van der Waals surface area (Å²) >= 11 is 9.08. The molecule has 0 aliphatic heterocycles. The highest BCUT2D eigenvalue weighted by Gasteiger charge is 2.29. The van der Waals surface area contributed by atoms with Crippen LogP contribution in [0.2, 0.25) is 0 Å². The Kier molecular flexibility index (Phi) is 5.79. The third-order valence-electron chi connectivity index (χ3n) is 2.44. The van der Waals surface area contributed by atoms with Crippen molar-refractivity contribution in [3.8, 4) is 0 Å². The summed E-state index contributed by atoms with van der Waals surface area (Å²) in [7, 11) is 0. The fourth-order valence-corrected chi connectivity index (χ4v) is 4.43. The van der Waals surface area contributed by atoms with Crippen LogP contribution in [0.3, 0.4) is 0 Å². The maximum atomic E-state index is 4.14. The Labute approximate surface area is 113 Å². The summed E-state index contributed by atoms with van der Waals surface area (Å²) in [5, 5.41) is 2.09. The highest BCUT2D eigenvalue weighted by Crippen LogP contribution is 2.35. The van der Waals surface area contributed by atoms with Gasteiger partial charge in [0.25, 0.3) is 0 Å². The molecule has 15 heavy (non-hydrogen) atoms. The van der Waals surface area contributed by atoms with Crippen molar-refractivity contribution in [2.75, 3.05) is 10.7 Å². The lowest BCUT2D eigenvalue weighted by atomic mass is 9.81. The van der Waals surface area contributed by atoms with E-state index in [1.807, 2.05) is 11.7 Å². The minimum Gasteiger partial charge on any atom is -0.253 e. The first-order chi connectivity index (χ1) is 7.12. The molecule has 0 saturated carbocycles. The normalized spacial score (nSPS) is 12.3. The van der Waals surface area contributed by atoms with Gasteiger partial charge >= 0.3 is 0 Å². The van der Waals surface area contributed by atoms with Crippen LogP contribution in [0.15, 0.2) is 11.7 Å². The Morgan fingerprint density at radius 3 is 2.47 bits per heavy atom. The number of rotatable bonds is 6. The molecular formula is C11H17Br2NS. The smallest absolute Gasteiger partial charge is 0.0794 e. The van der Waals surface area contributed by atoms with E-state index < -0.39 is 0 Å². The summed E-state index contributed by atoms with van der Waals surface area (Å²) in [5.41, 5.74) is 2.25. The first-order valence-electron chi connectivity index (χ1n) is 5.11. The lowest BCUT2D eigenvalue weighted by Gasteiger charge is -2.31. The quantitative estimate of drug-likeness (QED) is 0.685. The lowest BCUT2D eigenvalue weighted by molar-refractivity contribution is 0.306. The van der Waals surface area contributed by atoms with Gasteiger partial charge in [-0.2, -0.15) is 0 Å². The summed E-state index contributed by atoms with van der Waals surface area (Å²) in [6.45, 7) is 4.57. The lowest BCUT2D eigenvalue weighted by Crippen LogP contribution is -2.29. The fraction of sp³-hybridized carbons (Fsp3) is 0.727. The van der Waals surface area contributed by atoms with Crippen LogP contribution in [0.1, 0.15) is 25.1 Å². The fourth-order valence-electron chi connectivity index (χ4n) is 1.88. The number of hydrogen-bond donors (Lipinski definition) is 0. The van der Waals surface area contributed by atoms with Crippen LogP contribution in [0.25, 0.3) is 0 Å². The van der Waals surface area contributed by atoms with Gasteiger partial charge in [0.05, 0.1) is 5.51 Å². The zero-order valence-electron chi connectivity index (χ0n) is 9.17. The van der Waals surface area contributed by atoms with Crippen LogP contribution in [0.4, 0.5) is 0 Å². The molecule has 1 aromatic rings. The van der Waals surface area contributed by atoms with Crippen molar-refractivity contribution >= 4 is 43.2 Å².